The fourth-order valence-electron chi connectivity index (χ4n) is 1.68. The zero-order valence-electron chi connectivity index (χ0n) is 10.3. The van der Waals surface area contributed by atoms with Crippen LogP contribution in [0.25, 0.3) is 0 Å². The largest absolute Gasteiger partial charge is 0.478 e. The number of nitrogens with one attached hydrogen (secondary N) is 1. The van der Waals surface area contributed by atoms with Crippen molar-refractivity contribution in [1.29, 1.82) is 0 Å². The maximum atomic E-state index is 13.4. The van der Waals surface area contributed by atoms with Crippen molar-refractivity contribution in [2.45, 2.75) is 13.5 Å². The molecular formula is C13H10F3NO3. The average molecular weight is 285 g/mol. The topological polar surface area (TPSA) is 62.5 Å². The van der Waals surface area contributed by atoms with Crippen LogP contribution in [0.15, 0.2) is 22.6 Å². The van der Waals surface area contributed by atoms with Crippen molar-refractivity contribution in [3.63, 3.8) is 0 Å². The molecule has 2 aromatic rings. The molecule has 2 rings (SSSR count). The molecular weight excluding hydrogens is 275 g/mol. The molecule has 0 saturated carbocycles. The quantitative estimate of drug-likeness (QED) is 0.846. The summed E-state index contributed by atoms with van der Waals surface area (Å²) in [6.45, 7) is 1.42. The normalized spacial score (nSPS) is 10.6. The second-order valence-corrected chi connectivity index (χ2v) is 4.09. The minimum atomic E-state index is -1.28. The van der Waals surface area contributed by atoms with Crippen LogP contribution in [0.3, 0.4) is 0 Å². The van der Waals surface area contributed by atoms with Crippen LogP contribution >= 0.6 is 0 Å². The number of carboxylic acid groups (broad SMARTS) is 1. The summed E-state index contributed by atoms with van der Waals surface area (Å²) in [4.78, 5) is 10.8. The van der Waals surface area contributed by atoms with Crippen LogP contribution < -0.4 is 5.32 Å². The minimum absolute atomic E-state index is 0.00689. The van der Waals surface area contributed by atoms with Gasteiger partial charge in [-0.1, -0.05) is 0 Å². The maximum absolute atomic E-state index is 13.4. The molecule has 106 valence electrons. The Balaban J connectivity index is 2.15. The molecule has 0 saturated heterocycles. The molecule has 0 spiro atoms. The van der Waals surface area contributed by atoms with Gasteiger partial charge in [-0.05, 0) is 13.0 Å². The number of hydrogen-bond acceptors (Lipinski definition) is 3. The van der Waals surface area contributed by atoms with Crippen molar-refractivity contribution in [2.75, 3.05) is 5.32 Å². The zero-order chi connectivity index (χ0) is 14.9. The smallest absolute Gasteiger partial charge is 0.339 e. The fourth-order valence-corrected chi connectivity index (χ4v) is 1.68. The Bertz CT molecular complexity index is 667. The highest BCUT2D eigenvalue weighted by atomic mass is 19.2. The SMILES string of the molecule is Cc1oc(CNc2cc(F)c(F)cc2F)cc1C(=O)O. The van der Waals surface area contributed by atoms with Crippen LogP contribution in [0.2, 0.25) is 0 Å². The van der Waals surface area contributed by atoms with E-state index in [0.29, 0.717) is 12.1 Å². The number of carbonyl (C=O) groups is 1. The molecule has 4 nitrogen and oxygen atoms in total. The summed E-state index contributed by atoms with van der Waals surface area (Å²) < 4.78 is 44.2. The van der Waals surface area contributed by atoms with Crippen LogP contribution in [-0.4, -0.2) is 11.1 Å². The van der Waals surface area contributed by atoms with Gasteiger partial charge in [-0.3, -0.25) is 0 Å². The Labute approximate surface area is 111 Å². The van der Waals surface area contributed by atoms with Crippen molar-refractivity contribution in [1.82, 2.24) is 0 Å². The van der Waals surface area contributed by atoms with Crippen molar-refractivity contribution in [3.05, 3.63) is 52.7 Å². The lowest BCUT2D eigenvalue weighted by Crippen LogP contribution is -2.02. The van der Waals surface area contributed by atoms with Crippen molar-refractivity contribution in [2.24, 2.45) is 0 Å². The second kappa shape index (κ2) is 5.28. The molecule has 2 N–H and O–H groups in total. The number of aromatic carboxylic acids is 1. The zero-order valence-corrected chi connectivity index (χ0v) is 10.3. The fraction of sp³-hybridized carbons (Fsp3) is 0.154. The van der Waals surface area contributed by atoms with Gasteiger partial charge >= 0.3 is 5.97 Å². The van der Waals surface area contributed by atoms with Gasteiger partial charge in [0.2, 0.25) is 0 Å². The van der Waals surface area contributed by atoms with Crippen LogP contribution in [0.4, 0.5) is 18.9 Å². The van der Waals surface area contributed by atoms with Crippen LogP contribution in [0.1, 0.15) is 21.9 Å². The summed E-state index contributed by atoms with van der Waals surface area (Å²) in [6, 6.07) is 2.38. The molecule has 0 radical (unpaired) electrons. The van der Waals surface area contributed by atoms with E-state index in [1.54, 1.807) is 0 Å². The van der Waals surface area contributed by atoms with E-state index in [1.807, 2.05) is 0 Å². The van der Waals surface area contributed by atoms with Crippen molar-refractivity contribution < 1.29 is 27.5 Å². The van der Waals surface area contributed by atoms with E-state index in [9.17, 15) is 18.0 Å². The summed E-state index contributed by atoms with van der Waals surface area (Å²) in [6.07, 6.45) is 0. The van der Waals surface area contributed by atoms with Gasteiger partial charge in [0.25, 0.3) is 0 Å². The summed E-state index contributed by atoms with van der Waals surface area (Å²) in [5.74, 6) is -4.11. The Morgan fingerprint density at radius 1 is 1.20 bits per heavy atom. The first kappa shape index (κ1) is 14.0. The molecule has 0 atom stereocenters. The molecule has 0 aliphatic heterocycles. The van der Waals surface area contributed by atoms with E-state index in [1.165, 1.54) is 13.0 Å². The van der Waals surface area contributed by atoms with Gasteiger partial charge in [0.1, 0.15) is 22.9 Å². The predicted molar refractivity (Wildman–Crippen MR) is 64.0 cm³/mol. The molecule has 0 fully saturated rings. The van der Waals surface area contributed by atoms with Crippen LogP contribution in [0.5, 0.6) is 0 Å². The molecule has 20 heavy (non-hydrogen) atoms. The van der Waals surface area contributed by atoms with E-state index in [0.717, 1.165) is 0 Å². The number of rotatable bonds is 4. The molecule has 1 aromatic carbocycles. The molecule has 1 aromatic heterocycles. The molecule has 0 aliphatic rings. The first-order chi connectivity index (χ1) is 9.38. The summed E-state index contributed by atoms with van der Waals surface area (Å²) in [5, 5.41) is 11.4. The van der Waals surface area contributed by atoms with Gasteiger partial charge in [0.05, 0.1) is 12.2 Å². The first-order valence-electron chi connectivity index (χ1n) is 5.59. The number of furan rings is 1. The monoisotopic (exact) mass is 285 g/mol. The number of aryl methyl sites for hydroxylation is 1. The van der Waals surface area contributed by atoms with E-state index in [2.05, 4.69) is 5.32 Å². The number of halogens is 3. The Morgan fingerprint density at radius 2 is 1.85 bits per heavy atom. The molecule has 7 heteroatoms. The Hall–Kier alpha value is -2.44. The van der Waals surface area contributed by atoms with E-state index >= 15 is 0 Å². The Kier molecular flexibility index (Phi) is 3.69. The molecule has 0 bridgehead atoms. The summed E-state index contributed by atoms with van der Waals surface area (Å²) in [7, 11) is 0. The van der Waals surface area contributed by atoms with Gasteiger partial charge < -0.3 is 14.8 Å². The Morgan fingerprint density at radius 3 is 2.45 bits per heavy atom. The number of anilines is 1. The number of hydrogen-bond donors (Lipinski definition) is 2. The van der Waals surface area contributed by atoms with Crippen molar-refractivity contribution in [3.8, 4) is 0 Å². The highest BCUT2D eigenvalue weighted by Crippen LogP contribution is 2.20. The van der Waals surface area contributed by atoms with Crippen LogP contribution in [-0.2, 0) is 6.54 Å². The lowest BCUT2D eigenvalue weighted by molar-refractivity contribution is 0.0695. The lowest BCUT2D eigenvalue weighted by atomic mass is 10.2. The summed E-state index contributed by atoms with van der Waals surface area (Å²) in [5.41, 5.74) is -0.248. The minimum Gasteiger partial charge on any atom is -0.478 e. The molecule has 0 unspecified atom stereocenters. The van der Waals surface area contributed by atoms with E-state index in [-0.39, 0.29) is 29.3 Å². The second-order valence-electron chi connectivity index (χ2n) is 4.09. The lowest BCUT2D eigenvalue weighted by Gasteiger charge is -2.06. The third-order valence-corrected chi connectivity index (χ3v) is 2.66. The standard InChI is InChI=1S/C13H10F3NO3/c1-6-8(13(18)19)2-7(20-6)5-17-12-4-10(15)9(14)3-11(12)16/h2-4,17H,5H2,1H3,(H,18,19). The van der Waals surface area contributed by atoms with Gasteiger partial charge in [-0.2, -0.15) is 0 Å². The van der Waals surface area contributed by atoms with Gasteiger partial charge in [-0.15, -0.1) is 0 Å². The average Bonchev–Trinajstić information content (AvgIpc) is 2.74. The van der Waals surface area contributed by atoms with Gasteiger partial charge in [0.15, 0.2) is 11.6 Å². The van der Waals surface area contributed by atoms with E-state index < -0.39 is 23.4 Å². The molecule has 0 amide bonds. The van der Waals surface area contributed by atoms with Gasteiger partial charge in [-0.25, -0.2) is 18.0 Å². The number of benzene rings is 1. The highest BCUT2D eigenvalue weighted by Gasteiger charge is 2.14. The summed E-state index contributed by atoms with van der Waals surface area (Å²) >= 11 is 0. The predicted octanol–water partition coefficient (Wildman–Crippen LogP) is 3.32. The highest BCUT2D eigenvalue weighted by molar-refractivity contribution is 5.88. The maximum Gasteiger partial charge on any atom is 0.339 e. The molecule has 0 aliphatic carbocycles. The van der Waals surface area contributed by atoms with E-state index in [4.69, 9.17) is 9.52 Å². The van der Waals surface area contributed by atoms with Crippen molar-refractivity contribution >= 4 is 11.7 Å². The van der Waals surface area contributed by atoms with Gasteiger partial charge in [0, 0.05) is 12.1 Å². The third kappa shape index (κ3) is 2.76. The first-order valence-corrected chi connectivity index (χ1v) is 5.59. The number of carboxylic acids is 1. The third-order valence-electron chi connectivity index (χ3n) is 2.66. The van der Waals surface area contributed by atoms with Crippen LogP contribution in [0, 0.1) is 24.4 Å². The molecule has 1 heterocycles.